The lowest BCUT2D eigenvalue weighted by Gasteiger charge is -2.11. The van der Waals surface area contributed by atoms with Gasteiger partial charge in [0.1, 0.15) is 18.1 Å². The lowest BCUT2D eigenvalue weighted by Crippen LogP contribution is -2.08. The number of anilines is 1. The van der Waals surface area contributed by atoms with Crippen LogP contribution in [0.4, 0.5) is 5.69 Å². The van der Waals surface area contributed by atoms with E-state index in [2.05, 4.69) is 15.5 Å². The maximum absolute atomic E-state index is 12.9. The van der Waals surface area contributed by atoms with Gasteiger partial charge in [0, 0.05) is 16.9 Å². The molecule has 2 heterocycles. The van der Waals surface area contributed by atoms with Crippen LogP contribution in [0.3, 0.4) is 0 Å². The van der Waals surface area contributed by atoms with Crippen LogP contribution in [0.1, 0.15) is 21.7 Å². The van der Waals surface area contributed by atoms with Gasteiger partial charge in [0.25, 0.3) is 0 Å². The fourth-order valence-electron chi connectivity index (χ4n) is 3.76. The minimum absolute atomic E-state index is 0.0456. The molecule has 3 aromatic carbocycles. The zero-order valence-electron chi connectivity index (χ0n) is 18.9. The average Bonchev–Trinajstić information content (AvgIpc) is 3.48. The molecular formula is C26H22N4O4S. The van der Waals surface area contributed by atoms with Gasteiger partial charge in [-0.1, -0.05) is 30.0 Å². The molecule has 0 atom stereocenters. The Hall–Kier alpha value is -4.11. The van der Waals surface area contributed by atoms with Crippen molar-refractivity contribution in [3.63, 3.8) is 0 Å². The Morgan fingerprint density at radius 1 is 1.03 bits per heavy atom. The van der Waals surface area contributed by atoms with Gasteiger partial charge in [-0.25, -0.2) is 0 Å². The number of amides is 1. The summed E-state index contributed by atoms with van der Waals surface area (Å²) in [5.41, 5.74) is 3.06. The molecule has 4 aromatic rings. The largest absolute Gasteiger partial charge is 0.497 e. The number of para-hydroxylation sites is 1. The first-order valence-corrected chi connectivity index (χ1v) is 11.9. The van der Waals surface area contributed by atoms with Crippen molar-refractivity contribution in [3.05, 3.63) is 89.7 Å². The van der Waals surface area contributed by atoms with Crippen molar-refractivity contribution in [2.24, 2.45) is 0 Å². The minimum atomic E-state index is -0.0562. The molecule has 0 fully saturated rings. The van der Waals surface area contributed by atoms with Crippen molar-refractivity contribution in [3.8, 4) is 17.2 Å². The van der Waals surface area contributed by atoms with Gasteiger partial charge in [0.05, 0.1) is 19.3 Å². The number of ether oxygens (including phenoxy) is 2. The average molecular weight is 487 g/mol. The number of benzene rings is 3. The van der Waals surface area contributed by atoms with Crippen molar-refractivity contribution < 1.29 is 19.1 Å². The Morgan fingerprint density at radius 3 is 2.57 bits per heavy atom. The van der Waals surface area contributed by atoms with Crippen LogP contribution in [0.2, 0.25) is 0 Å². The zero-order valence-corrected chi connectivity index (χ0v) is 19.7. The number of nitrogens with one attached hydrogen (secondary N) is 1. The molecule has 9 heteroatoms. The molecule has 0 saturated carbocycles. The number of rotatable bonds is 9. The summed E-state index contributed by atoms with van der Waals surface area (Å²) in [5.74, 6) is 2.13. The fourth-order valence-corrected chi connectivity index (χ4v) is 4.63. The first-order chi connectivity index (χ1) is 17.1. The topological polar surface area (TPSA) is 95.3 Å². The Bertz CT molecular complexity index is 1370. The van der Waals surface area contributed by atoms with Gasteiger partial charge in [-0.05, 0) is 60.2 Å². The summed E-state index contributed by atoms with van der Waals surface area (Å²) in [6, 6.07) is 22.3. The summed E-state index contributed by atoms with van der Waals surface area (Å²) in [5, 5.41) is 12.0. The summed E-state index contributed by atoms with van der Waals surface area (Å²) in [6.07, 6.45) is 0.295. The number of Topliss-reactive ketones (excluding diaryl/α,β-unsaturated/α-hetero) is 1. The second kappa shape index (κ2) is 10.0. The molecule has 0 spiro atoms. The van der Waals surface area contributed by atoms with Crippen LogP contribution in [0, 0.1) is 0 Å². The molecule has 35 heavy (non-hydrogen) atoms. The van der Waals surface area contributed by atoms with E-state index < -0.39 is 0 Å². The van der Waals surface area contributed by atoms with Crippen LogP contribution in [-0.2, 0) is 17.8 Å². The molecule has 0 saturated heterocycles. The summed E-state index contributed by atoms with van der Waals surface area (Å²) in [7, 11) is 1.62. The molecule has 1 amide bonds. The first kappa shape index (κ1) is 22.7. The van der Waals surface area contributed by atoms with Crippen LogP contribution in [0.25, 0.3) is 5.69 Å². The molecule has 8 nitrogen and oxygen atoms in total. The van der Waals surface area contributed by atoms with E-state index in [-0.39, 0.29) is 24.1 Å². The van der Waals surface area contributed by atoms with Gasteiger partial charge in [-0.15, -0.1) is 10.2 Å². The van der Waals surface area contributed by atoms with E-state index in [4.69, 9.17) is 9.47 Å². The fraction of sp³-hybridized carbons (Fsp3) is 0.154. The number of ketones is 1. The van der Waals surface area contributed by atoms with Gasteiger partial charge >= 0.3 is 0 Å². The SMILES string of the molecule is COc1ccc(OCc2nnc(SCC(=O)c3ccc4c(c3)CC(=O)N4)n2-c2ccccc2)cc1. The van der Waals surface area contributed by atoms with Gasteiger partial charge in [-0.3, -0.25) is 14.2 Å². The number of thioether (sulfide) groups is 1. The van der Waals surface area contributed by atoms with Crippen LogP contribution in [0.15, 0.2) is 78.0 Å². The Labute approximate surface area is 206 Å². The number of fused-ring (bicyclic) bond motifs is 1. The normalized spacial score (nSPS) is 12.2. The predicted molar refractivity (Wildman–Crippen MR) is 133 cm³/mol. The van der Waals surface area contributed by atoms with Gasteiger partial charge in [0.15, 0.2) is 16.8 Å². The third kappa shape index (κ3) is 5.04. The summed E-state index contributed by atoms with van der Waals surface area (Å²) in [4.78, 5) is 24.5. The van der Waals surface area contributed by atoms with Gasteiger partial charge < -0.3 is 14.8 Å². The number of hydrogen-bond donors (Lipinski definition) is 1. The van der Waals surface area contributed by atoms with E-state index in [0.717, 1.165) is 22.7 Å². The van der Waals surface area contributed by atoms with Gasteiger partial charge in [0.2, 0.25) is 5.91 Å². The van der Waals surface area contributed by atoms with E-state index in [1.165, 1.54) is 11.8 Å². The molecule has 5 rings (SSSR count). The second-order valence-corrected chi connectivity index (χ2v) is 8.79. The highest BCUT2D eigenvalue weighted by Crippen LogP contribution is 2.27. The molecule has 1 aliphatic heterocycles. The van der Waals surface area contributed by atoms with Crippen LogP contribution < -0.4 is 14.8 Å². The summed E-state index contributed by atoms with van der Waals surface area (Å²) < 4.78 is 13.0. The molecule has 0 bridgehead atoms. The molecule has 1 aromatic heterocycles. The third-order valence-corrected chi connectivity index (χ3v) is 6.46. The van der Waals surface area contributed by atoms with E-state index >= 15 is 0 Å². The highest BCUT2D eigenvalue weighted by molar-refractivity contribution is 7.99. The highest BCUT2D eigenvalue weighted by Gasteiger charge is 2.21. The minimum Gasteiger partial charge on any atom is -0.497 e. The Kier molecular flexibility index (Phi) is 6.49. The van der Waals surface area contributed by atoms with Crippen molar-refractivity contribution in [2.45, 2.75) is 18.2 Å². The molecule has 0 aliphatic carbocycles. The molecule has 1 N–H and O–H groups in total. The lowest BCUT2D eigenvalue weighted by molar-refractivity contribution is -0.115. The lowest BCUT2D eigenvalue weighted by atomic mass is 10.1. The Balaban J connectivity index is 1.33. The maximum Gasteiger partial charge on any atom is 0.228 e. The van der Waals surface area contributed by atoms with Crippen molar-refractivity contribution in [1.82, 2.24) is 14.8 Å². The number of carbonyl (C=O) groups is 2. The first-order valence-electron chi connectivity index (χ1n) is 11.0. The highest BCUT2D eigenvalue weighted by atomic mass is 32.2. The number of methoxy groups -OCH3 is 1. The van der Waals surface area contributed by atoms with Gasteiger partial charge in [-0.2, -0.15) is 0 Å². The predicted octanol–water partition coefficient (Wildman–Crippen LogP) is 4.32. The van der Waals surface area contributed by atoms with Crippen LogP contribution >= 0.6 is 11.8 Å². The number of nitrogens with zero attached hydrogens (tertiary/aromatic N) is 3. The van der Waals surface area contributed by atoms with Crippen molar-refractivity contribution in [1.29, 1.82) is 0 Å². The molecule has 0 unspecified atom stereocenters. The second-order valence-electron chi connectivity index (χ2n) is 7.84. The van der Waals surface area contributed by atoms with Crippen LogP contribution in [-0.4, -0.2) is 39.3 Å². The van der Waals surface area contributed by atoms with E-state index in [1.54, 1.807) is 25.3 Å². The number of hydrogen-bond acceptors (Lipinski definition) is 7. The zero-order chi connectivity index (χ0) is 24.2. The molecule has 1 aliphatic rings. The number of carbonyl (C=O) groups excluding carboxylic acids is 2. The van der Waals surface area contributed by atoms with E-state index in [0.29, 0.717) is 28.7 Å². The molecular weight excluding hydrogens is 464 g/mol. The quantitative estimate of drug-likeness (QED) is 0.278. The smallest absolute Gasteiger partial charge is 0.228 e. The molecule has 0 radical (unpaired) electrons. The summed E-state index contributed by atoms with van der Waals surface area (Å²) >= 11 is 1.31. The summed E-state index contributed by atoms with van der Waals surface area (Å²) in [6.45, 7) is 0.203. The van der Waals surface area contributed by atoms with E-state index in [1.807, 2.05) is 59.2 Å². The number of aromatic nitrogens is 3. The van der Waals surface area contributed by atoms with E-state index in [9.17, 15) is 9.59 Å². The maximum atomic E-state index is 12.9. The monoisotopic (exact) mass is 486 g/mol. The van der Waals surface area contributed by atoms with Crippen molar-refractivity contribution in [2.75, 3.05) is 18.2 Å². The standard InChI is InChI=1S/C26H22N4O4S/c1-33-20-8-10-21(11-9-20)34-15-24-28-29-26(30(24)19-5-3-2-4-6-19)35-16-23(31)17-7-12-22-18(13-17)14-25(32)27-22/h2-13H,14-16H2,1H3,(H,27,32). The van der Waals surface area contributed by atoms with Crippen molar-refractivity contribution >= 4 is 29.1 Å². The Morgan fingerprint density at radius 2 is 1.80 bits per heavy atom. The third-order valence-electron chi connectivity index (χ3n) is 5.53. The van der Waals surface area contributed by atoms with Crippen LogP contribution in [0.5, 0.6) is 11.5 Å². The molecule has 176 valence electrons.